The van der Waals surface area contributed by atoms with Crippen LogP contribution >= 0.6 is 0 Å². The molecule has 8 rings (SSSR count). The van der Waals surface area contributed by atoms with Gasteiger partial charge in [-0.15, -0.1) is 0 Å². The topological polar surface area (TPSA) is 149 Å². The van der Waals surface area contributed by atoms with Crippen LogP contribution in [-0.4, -0.2) is 88.7 Å². The number of aliphatic hydroxyl groups excluding tert-OH is 1. The van der Waals surface area contributed by atoms with Gasteiger partial charge in [-0.05, 0) is 128 Å². The van der Waals surface area contributed by atoms with Crippen molar-refractivity contribution < 1.29 is 39.2 Å². The van der Waals surface area contributed by atoms with E-state index in [1.165, 1.54) is 11.6 Å². The highest BCUT2D eigenvalue weighted by molar-refractivity contribution is 5.99. The van der Waals surface area contributed by atoms with Crippen LogP contribution in [0, 0.1) is 11.8 Å². The van der Waals surface area contributed by atoms with E-state index in [2.05, 4.69) is 34.5 Å². The third-order valence-electron chi connectivity index (χ3n) is 13.2. The number of hydrogen-bond acceptors (Lipinski definition) is 10. The Bertz CT molecular complexity index is 2430. The number of phenols is 1. The average molecular weight is 878 g/mol. The van der Waals surface area contributed by atoms with Gasteiger partial charge in [-0.3, -0.25) is 14.5 Å². The molecule has 65 heavy (non-hydrogen) atoms. The fourth-order valence-corrected chi connectivity index (χ4v) is 9.27. The molecule has 5 aromatic carbocycles. The molecule has 2 fully saturated rings. The van der Waals surface area contributed by atoms with Crippen molar-refractivity contribution in [2.75, 3.05) is 45.9 Å². The van der Waals surface area contributed by atoms with Crippen molar-refractivity contribution in [1.82, 2.24) is 15.1 Å². The van der Waals surface area contributed by atoms with Crippen LogP contribution in [0.25, 0.3) is 6.08 Å². The standard InChI is InChI=1S/C54H59N3O8/c58-45-18-19-47-48(20-21-50(59)49(47)33-45)51(60)34-55-27-22-38-25-30-57(31-26-38)52(61)42-16-14-40(15-17-42)36-64-46-13-7-12-44(32-46)54(63,43-10-5-2-6-11-43)53(62)65-37-41-23-28-56(29-24-41)35-39-8-3-1-4-9-39/h1-21,32,38,41,51,55,59-60,63H,22-31,33-37H2/t51-,54-/m0/s1. The molecule has 0 saturated carbocycles. The number of rotatable bonds is 17. The molecule has 2 atom stereocenters. The van der Waals surface area contributed by atoms with Gasteiger partial charge in [0.25, 0.3) is 5.91 Å². The minimum Gasteiger partial charge on any atom is -0.508 e. The predicted octanol–water partition coefficient (Wildman–Crippen LogP) is 7.37. The summed E-state index contributed by atoms with van der Waals surface area (Å²) in [5, 5.41) is 36.7. The molecule has 3 aliphatic rings. The van der Waals surface area contributed by atoms with Crippen LogP contribution in [0.5, 0.6) is 11.5 Å². The molecule has 2 aliphatic heterocycles. The monoisotopic (exact) mass is 877 g/mol. The van der Waals surface area contributed by atoms with Crippen LogP contribution in [-0.2, 0) is 39.5 Å². The molecule has 1 amide bonds. The summed E-state index contributed by atoms with van der Waals surface area (Å²) in [5.41, 5.74) is 3.47. The van der Waals surface area contributed by atoms with E-state index in [0.29, 0.717) is 64.7 Å². The summed E-state index contributed by atoms with van der Waals surface area (Å²) in [6.07, 6.45) is 7.07. The molecule has 2 heterocycles. The number of carbonyl (C=O) groups is 3. The molecule has 0 unspecified atom stereocenters. The molecule has 0 bridgehead atoms. The van der Waals surface area contributed by atoms with Gasteiger partial charge in [0.1, 0.15) is 18.1 Å². The van der Waals surface area contributed by atoms with Gasteiger partial charge in [-0.2, -0.15) is 0 Å². The number of ketones is 1. The lowest BCUT2D eigenvalue weighted by molar-refractivity contribution is -0.164. The Morgan fingerprint density at radius 3 is 2.20 bits per heavy atom. The number of nitrogens with zero attached hydrogens (tertiary/aromatic N) is 2. The molecule has 0 spiro atoms. The summed E-state index contributed by atoms with van der Waals surface area (Å²) in [5.74, 6) is 0.438. The lowest BCUT2D eigenvalue weighted by Crippen LogP contribution is -2.40. The van der Waals surface area contributed by atoms with E-state index in [1.54, 1.807) is 66.7 Å². The molecule has 0 radical (unpaired) electrons. The zero-order valence-electron chi connectivity index (χ0n) is 36.8. The minimum absolute atomic E-state index is 0.00144. The van der Waals surface area contributed by atoms with Crippen molar-refractivity contribution in [3.05, 3.63) is 172 Å². The van der Waals surface area contributed by atoms with E-state index in [-0.39, 0.29) is 43.0 Å². The Kier molecular flexibility index (Phi) is 14.9. The van der Waals surface area contributed by atoms with Crippen molar-refractivity contribution >= 4 is 23.7 Å². The molecule has 338 valence electrons. The summed E-state index contributed by atoms with van der Waals surface area (Å²) in [4.78, 5) is 43.6. The van der Waals surface area contributed by atoms with Gasteiger partial charge in [0, 0.05) is 49.3 Å². The maximum atomic E-state index is 13.9. The molecular weight excluding hydrogens is 819 g/mol. The Morgan fingerprint density at radius 1 is 0.769 bits per heavy atom. The molecule has 2 saturated heterocycles. The van der Waals surface area contributed by atoms with Crippen LogP contribution in [0.3, 0.4) is 0 Å². The number of fused-ring (bicyclic) bond motifs is 1. The molecule has 11 nitrogen and oxygen atoms in total. The Balaban J connectivity index is 0.789. The van der Waals surface area contributed by atoms with Gasteiger partial charge in [-0.25, -0.2) is 4.79 Å². The summed E-state index contributed by atoms with van der Waals surface area (Å²) >= 11 is 0. The first-order chi connectivity index (χ1) is 31.6. The van der Waals surface area contributed by atoms with E-state index >= 15 is 0 Å². The second-order valence-electron chi connectivity index (χ2n) is 17.7. The maximum Gasteiger partial charge on any atom is 0.347 e. The number of carbonyl (C=O) groups excluding carboxylic acids is 3. The number of hydrogen-bond donors (Lipinski definition) is 4. The molecule has 0 aromatic heterocycles. The number of allylic oxidation sites excluding steroid dienone is 1. The Morgan fingerprint density at radius 2 is 1.46 bits per heavy atom. The minimum atomic E-state index is -2.04. The van der Waals surface area contributed by atoms with E-state index in [4.69, 9.17) is 9.47 Å². The van der Waals surface area contributed by atoms with Crippen LogP contribution in [0.15, 0.2) is 127 Å². The quantitative estimate of drug-likeness (QED) is 0.0552. The number of aromatic hydroxyl groups is 1. The van der Waals surface area contributed by atoms with Crippen molar-refractivity contribution in [1.29, 1.82) is 0 Å². The molecule has 11 heteroatoms. The number of phenolic OH excluding ortho intramolecular Hbond substituents is 1. The predicted molar refractivity (Wildman–Crippen MR) is 249 cm³/mol. The first kappa shape index (κ1) is 45.5. The third-order valence-corrected chi connectivity index (χ3v) is 13.2. The van der Waals surface area contributed by atoms with Gasteiger partial charge < -0.3 is 35.0 Å². The smallest absolute Gasteiger partial charge is 0.347 e. The fourth-order valence-electron chi connectivity index (χ4n) is 9.27. The van der Waals surface area contributed by atoms with Gasteiger partial charge >= 0.3 is 5.97 Å². The van der Waals surface area contributed by atoms with Crippen molar-refractivity contribution in [3.8, 4) is 11.5 Å². The van der Waals surface area contributed by atoms with Gasteiger partial charge in [-0.1, -0.05) is 97.1 Å². The zero-order valence-corrected chi connectivity index (χ0v) is 36.8. The molecule has 5 aromatic rings. The highest BCUT2D eigenvalue weighted by atomic mass is 16.5. The summed E-state index contributed by atoms with van der Waals surface area (Å²) in [7, 11) is 0. The van der Waals surface area contributed by atoms with E-state index in [9.17, 15) is 29.7 Å². The van der Waals surface area contributed by atoms with Crippen LogP contribution in [0.4, 0.5) is 0 Å². The highest BCUT2D eigenvalue weighted by Crippen LogP contribution is 2.35. The second-order valence-corrected chi connectivity index (χ2v) is 17.7. The molecular formula is C54H59N3O8. The number of piperidine rings is 2. The van der Waals surface area contributed by atoms with Crippen LogP contribution < -0.4 is 10.1 Å². The number of ether oxygens (including phenoxy) is 2. The van der Waals surface area contributed by atoms with Gasteiger partial charge in [0.15, 0.2) is 5.78 Å². The lowest BCUT2D eigenvalue weighted by atomic mass is 9.86. The third kappa shape index (κ3) is 11.2. The number of nitrogens with one attached hydrogen (secondary N) is 1. The molecule has 1 aliphatic carbocycles. The van der Waals surface area contributed by atoms with Gasteiger partial charge in [0.2, 0.25) is 5.60 Å². The number of likely N-dealkylation sites (tertiary alicyclic amines) is 2. The summed E-state index contributed by atoms with van der Waals surface area (Å²) in [6.45, 7) is 5.64. The van der Waals surface area contributed by atoms with E-state index in [0.717, 1.165) is 63.8 Å². The van der Waals surface area contributed by atoms with E-state index < -0.39 is 17.7 Å². The number of esters is 1. The fraction of sp³-hybridized carbons (Fsp3) is 0.352. The first-order valence-electron chi connectivity index (χ1n) is 22.9. The second kappa shape index (κ2) is 21.3. The van der Waals surface area contributed by atoms with Crippen molar-refractivity contribution in [3.63, 3.8) is 0 Å². The summed E-state index contributed by atoms with van der Waals surface area (Å²) in [6, 6.07) is 36.9. The average Bonchev–Trinajstić information content (AvgIpc) is 3.35. The highest BCUT2D eigenvalue weighted by Gasteiger charge is 2.42. The maximum absolute atomic E-state index is 13.9. The first-order valence-corrected chi connectivity index (χ1v) is 22.9. The Hall–Kier alpha value is -6.11. The summed E-state index contributed by atoms with van der Waals surface area (Å²) < 4.78 is 12.1. The largest absolute Gasteiger partial charge is 0.508 e. The molecule has 4 N–H and O–H groups in total. The zero-order chi connectivity index (χ0) is 45.2. The Labute approximate surface area is 381 Å². The number of benzene rings is 5. The number of amides is 1. The van der Waals surface area contributed by atoms with Crippen molar-refractivity contribution in [2.45, 2.75) is 63.4 Å². The van der Waals surface area contributed by atoms with Crippen molar-refractivity contribution in [2.24, 2.45) is 11.8 Å². The van der Waals surface area contributed by atoms with Crippen LogP contribution in [0.2, 0.25) is 0 Å². The van der Waals surface area contributed by atoms with Crippen LogP contribution in [0.1, 0.15) is 87.5 Å². The SMILES string of the molecule is O=C1C=Cc2c([C@@H](O)CNCCC3CCN(C(=O)c4ccc(COc5cccc([C@](O)(C(=O)OCC6CCN(Cc7ccccc7)CC6)c6ccccc6)c5)cc4)CC3)ccc(O)c2C1. The lowest BCUT2D eigenvalue weighted by Gasteiger charge is -2.33. The normalized spacial score (nSPS) is 17.3. The van der Waals surface area contributed by atoms with E-state index in [1.807, 2.05) is 41.3 Å². The van der Waals surface area contributed by atoms with Gasteiger partial charge in [0.05, 0.1) is 12.7 Å². The number of aliphatic hydroxyl groups is 2.